The number of pyridine rings is 1. The molecule has 104 valence electrons. The van der Waals surface area contributed by atoms with E-state index in [1.165, 1.54) is 0 Å². The molecule has 20 heavy (non-hydrogen) atoms. The van der Waals surface area contributed by atoms with Crippen LogP contribution in [0.15, 0.2) is 24.4 Å². The summed E-state index contributed by atoms with van der Waals surface area (Å²) < 4.78 is 7.22. The van der Waals surface area contributed by atoms with Crippen molar-refractivity contribution in [2.45, 2.75) is 26.7 Å². The van der Waals surface area contributed by atoms with Crippen molar-refractivity contribution in [2.24, 2.45) is 5.92 Å². The first-order chi connectivity index (χ1) is 9.60. The molecule has 0 bridgehead atoms. The van der Waals surface area contributed by atoms with Gasteiger partial charge in [-0.3, -0.25) is 4.79 Å². The molecule has 0 spiro atoms. The fourth-order valence-electron chi connectivity index (χ4n) is 2.95. The molecule has 0 fully saturated rings. The average molecular weight is 270 g/mol. The van der Waals surface area contributed by atoms with Crippen LogP contribution in [0.5, 0.6) is 5.88 Å². The van der Waals surface area contributed by atoms with Gasteiger partial charge in [0.25, 0.3) is 0 Å². The smallest absolute Gasteiger partial charge is 0.213 e. The molecule has 0 unspecified atom stereocenters. The fourth-order valence-corrected chi connectivity index (χ4v) is 2.95. The summed E-state index contributed by atoms with van der Waals surface area (Å²) in [4.78, 5) is 16.4. The second-order valence-electron chi connectivity index (χ2n) is 5.48. The highest BCUT2D eigenvalue weighted by atomic mass is 16.5. The molecule has 1 aliphatic rings. The number of fused-ring (bicyclic) bond motifs is 1. The summed E-state index contributed by atoms with van der Waals surface area (Å²) in [7, 11) is 1.60. The molecule has 1 atom stereocenters. The predicted molar refractivity (Wildman–Crippen MR) is 76.7 cm³/mol. The first kappa shape index (κ1) is 12.9. The van der Waals surface area contributed by atoms with E-state index >= 15 is 0 Å². The number of hydrogen-bond donors (Lipinski definition) is 0. The molecule has 0 radical (unpaired) electrons. The van der Waals surface area contributed by atoms with E-state index in [2.05, 4.69) is 16.5 Å². The maximum Gasteiger partial charge on any atom is 0.213 e. The molecule has 2 aromatic rings. The molecule has 0 aromatic carbocycles. The Morgan fingerprint density at radius 2 is 2.15 bits per heavy atom. The molecule has 2 aromatic heterocycles. The number of methoxy groups -OCH3 is 1. The number of carbonyl (C=O) groups excluding carboxylic acids is 1. The Balaban J connectivity index is 2.11. The number of Topliss-reactive ketones (excluding diaryl/α,β-unsaturated/α-hetero) is 1. The molecule has 0 amide bonds. The highest BCUT2D eigenvalue weighted by molar-refractivity contribution is 5.98. The molecule has 0 saturated carbocycles. The van der Waals surface area contributed by atoms with Crippen LogP contribution in [0.2, 0.25) is 0 Å². The third-order valence-corrected chi connectivity index (χ3v) is 3.85. The molecular formula is C16H18N2O2. The highest BCUT2D eigenvalue weighted by Gasteiger charge is 2.27. The maximum absolute atomic E-state index is 12.1. The van der Waals surface area contributed by atoms with Gasteiger partial charge in [-0.25, -0.2) is 4.98 Å². The molecule has 4 nitrogen and oxygen atoms in total. The third kappa shape index (κ3) is 2.01. The van der Waals surface area contributed by atoms with Crippen molar-refractivity contribution < 1.29 is 9.53 Å². The molecule has 4 heteroatoms. The van der Waals surface area contributed by atoms with Crippen molar-refractivity contribution in [1.82, 2.24) is 9.55 Å². The molecule has 0 aliphatic heterocycles. The number of ether oxygens (including phenoxy) is 1. The van der Waals surface area contributed by atoms with Gasteiger partial charge in [0.05, 0.1) is 19.0 Å². The fraction of sp³-hybridized carbons (Fsp3) is 0.375. The van der Waals surface area contributed by atoms with E-state index in [0.717, 1.165) is 29.1 Å². The minimum absolute atomic E-state index is 0.252. The first-order valence-corrected chi connectivity index (χ1v) is 6.85. The predicted octanol–water partition coefficient (Wildman–Crippen LogP) is 2.95. The molecule has 1 aliphatic carbocycles. The molecular weight excluding hydrogens is 252 g/mol. The SMILES string of the molecule is COc1ccc(-n2c(C)cc3c2C[C@@H](C)CC3=O)cn1. The second kappa shape index (κ2) is 4.78. The van der Waals surface area contributed by atoms with Crippen LogP contribution in [-0.4, -0.2) is 22.4 Å². The number of carbonyl (C=O) groups is 1. The number of hydrogen-bond acceptors (Lipinski definition) is 3. The van der Waals surface area contributed by atoms with Gasteiger partial charge in [-0.05, 0) is 31.4 Å². The van der Waals surface area contributed by atoms with Gasteiger partial charge in [-0.1, -0.05) is 6.92 Å². The van der Waals surface area contributed by atoms with Crippen LogP contribution in [0.25, 0.3) is 5.69 Å². The van der Waals surface area contributed by atoms with Gasteiger partial charge in [-0.2, -0.15) is 0 Å². The highest BCUT2D eigenvalue weighted by Crippen LogP contribution is 2.30. The van der Waals surface area contributed by atoms with Crippen LogP contribution in [0.3, 0.4) is 0 Å². The lowest BCUT2D eigenvalue weighted by atomic mass is 9.88. The lowest BCUT2D eigenvalue weighted by Crippen LogP contribution is -2.19. The van der Waals surface area contributed by atoms with Crippen LogP contribution in [0.1, 0.15) is 35.1 Å². The van der Waals surface area contributed by atoms with E-state index in [9.17, 15) is 4.79 Å². The summed E-state index contributed by atoms with van der Waals surface area (Å²) in [6.45, 7) is 4.15. The van der Waals surface area contributed by atoms with Crippen LogP contribution in [0.4, 0.5) is 0 Å². The lowest BCUT2D eigenvalue weighted by Gasteiger charge is -2.20. The van der Waals surface area contributed by atoms with Crippen molar-refractivity contribution in [2.75, 3.05) is 7.11 Å². The quantitative estimate of drug-likeness (QED) is 0.842. The number of aromatic nitrogens is 2. The summed E-state index contributed by atoms with van der Waals surface area (Å²) in [5.74, 6) is 1.24. The van der Waals surface area contributed by atoms with E-state index in [0.29, 0.717) is 18.2 Å². The van der Waals surface area contributed by atoms with Crippen LogP contribution in [0, 0.1) is 12.8 Å². The summed E-state index contributed by atoms with van der Waals surface area (Å²) in [6, 6.07) is 5.81. The molecule has 0 N–H and O–H groups in total. The topological polar surface area (TPSA) is 44.1 Å². The molecule has 0 saturated heterocycles. The Morgan fingerprint density at radius 1 is 1.35 bits per heavy atom. The first-order valence-electron chi connectivity index (χ1n) is 6.85. The average Bonchev–Trinajstić information content (AvgIpc) is 2.76. The zero-order chi connectivity index (χ0) is 14.3. The van der Waals surface area contributed by atoms with Crippen LogP contribution < -0.4 is 4.74 Å². The Hall–Kier alpha value is -2.10. The number of ketones is 1. The van der Waals surface area contributed by atoms with E-state index in [1.54, 1.807) is 13.3 Å². The van der Waals surface area contributed by atoms with E-state index in [4.69, 9.17) is 4.74 Å². The number of rotatable bonds is 2. The van der Waals surface area contributed by atoms with Gasteiger partial charge in [0.15, 0.2) is 5.78 Å². The normalized spacial score (nSPS) is 17.9. The third-order valence-electron chi connectivity index (χ3n) is 3.85. The number of nitrogens with zero attached hydrogens (tertiary/aromatic N) is 2. The zero-order valence-corrected chi connectivity index (χ0v) is 12.0. The van der Waals surface area contributed by atoms with Gasteiger partial charge >= 0.3 is 0 Å². The second-order valence-corrected chi connectivity index (χ2v) is 5.48. The van der Waals surface area contributed by atoms with Crippen molar-refractivity contribution in [3.63, 3.8) is 0 Å². The Bertz CT molecular complexity index is 656. The summed E-state index contributed by atoms with van der Waals surface area (Å²) in [6.07, 6.45) is 3.37. The molecule has 3 rings (SSSR count). The van der Waals surface area contributed by atoms with Gasteiger partial charge < -0.3 is 9.30 Å². The summed E-state index contributed by atoms with van der Waals surface area (Å²) in [5, 5.41) is 0. The van der Waals surface area contributed by atoms with Gasteiger partial charge in [0.2, 0.25) is 5.88 Å². The maximum atomic E-state index is 12.1. The van der Waals surface area contributed by atoms with Gasteiger partial charge in [0.1, 0.15) is 0 Å². The lowest BCUT2D eigenvalue weighted by molar-refractivity contribution is 0.0952. The summed E-state index contributed by atoms with van der Waals surface area (Å²) in [5.41, 5.74) is 4.03. The monoisotopic (exact) mass is 270 g/mol. The van der Waals surface area contributed by atoms with Crippen molar-refractivity contribution in [1.29, 1.82) is 0 Å². The van der Waals surface area contributed by atoms with Crippen LogP contribution in [-0.2, 0) is 6.42 Å². The Morgan fingerprint density at radius 3 is 2.80 bits per heavy atom. The van der Waals surface area contributed by atoms with Crippen molar-refractivity contribution >= 4 is 5.78 Å². The summed E-state index contributed by atoms with van der Waals surface area (Å²) >= 11 is 0. The Labute approximate surface area is 118 Å². The minimum Gasteiger partial charge on any atom is -0.481 e. The largest absolute Gasteiger partial charge is 0.481 e. The van der Waals surface area contributed by atoms with Crippen LogP contribution >= 0.6 is 0 Å². The van der Waals surface area contributed by atoms with E-state index in [-0.39, 0.29) is 5.78 Å². The van der Waals surface area contributed by atoms with Crippen molar-refractivity contribution in [3.8, 4) is 11.6 Å². The number of aryl methyl sites for hydroxylation is 1. The zero-order valence-electron chi connectivity index (χ0n) is 12.0. The minimum atomic E-state index is 0.252. The van der Waals surface area contributed by atoms with E-state index in [1.807, 2.05) is 25.1 Å². The van der Waals surface area contributed by atoms with Gasteiger partial charge in [-0.15, -0.1) is 0 Å². The Kier molecular flexibility index (Phi) is 3.08. The standard InChI is InChI=1S/C16H18N2O2/c1-10-6-14-13(15(19)7-10)8-11(2)18(14)12-4-5-16(20-3)17-9-12/h4-5,8-10H,6-7H2,1-3H3/t10-/m1/s1. The van der Waals surface area contributed by atoms with E-state index < -0.39 is 0 Å². The van der Waals surface area contributed by atoms with Gasteiger partial charge in [0, 0.05) is 29.4 Å². The van der Waals surface area contributed by atoms with Crippen molar-refractivity contribution in [3.05, 3.63) is 41.3 Å². The molecule has 2 heterocycles.